The van der Waals surface area contributed by atoms with E-state index < -0.39 is 11.7 Å². The summed E-state index contributed by atoms with van der Waals surface area (Å²) in [4.78, 5) is 10.6. The Hall–Kier alpha value is -0.810. The first-order chi connectivity index (χ1) is 7.98. The molecule has 0 heterocycles. The summed E-state index contributed by atoms with van der Waals surface area (Å²) < 4.78 is 5.01. The van der Waals surface area contributed by atoms with Gasteiger partial charge in [0.2, 0.25) is 0 Å². The molecule has 0 aliphatic heterocycles. The van der Waals surface area contributed by atoms with E-state index >= 15 is 0 Å². The number of ether oxygens (including phenoxy) is 1. The van der Waals surface area contributed by atoms with E-state index in [4.69, 9.17) is 16.2 Å². The van der Waals surface area contributed by atoms with Gasteiger partial charge in [-0.1, -0.05) is 6.42 Å². The maximum absolute atomic E-state index is 10.6. The van der Waals surface area contributed by atoms with Gasteiger partial charge in [0.15, 0.2) is 0 Å². The maximum atomic E-state index is 10.6. The second-order valence-electron chi connectivity index (χ2n) is 4.88. The Morgan fingerprint density at radius 1 is 1.18 bits per heavy atom. The Morgan fingerprint density at radius 3 is 2.41 bits per heavy atom. The molecular weight excluding hydrogens is 218 g/mol. The van der Waals surface area contributed by atoms with Gasteiger partial charge in [0.1, 0.15) is 5.60 Å². The van der Waals surface area contributed by atoms with Crippen molar-refractivity contribution >= 4 is 6.09 Å². The molecule has 0 aromatic rings. The van der Waals surface area contributed by atoms with E-state index in [9.17, 15) is 4.79 Å². The van der Waals surface area contributed by atoms with E-state index in [1.54, 1.807) is 0 Å². The van der Waals surface area contributed by atoms with E-state index in [0.717, 1.165) is 51.7 Å². The first kappa shape index (κ1) is 16.2. The van der Waals surface area contributed by atoms with Gasteiger partial charge in [-0.05, 0) is 59.2 Å². The van der Waals surface area contributed by atoms with Gasteiger partial charge in [0, 0.05) is 0 Å². The Labute approximate surface area is 104 Å². The van der Waals surface area contributed by atoms with Crippen LogP contribution in [0.1, 0.15) is 46.0 Å². The van der Waals surface area contributed by atoms with Crippen molar-refractivity contribution in [2.45, 2.75) is 51.6 Å². The maximum Gasteiger partial charge on any atom is 0.405 e. The minimum atomic E-state index is -0.696. The number of hydrogen-bond acceptors (Lipinski definition) is 4. The van der Waals surface area contributed by atoms with Crippen LogP contribution in [-0.2, 0) is 4.74 Å². The third-order valence-corrected chi connectivity index (χ3v) is 2.57. The molecule has 0 bridgehead atoms. The van der Waals surface area contributed by atoms with Gasteiger partial charge in [0.25, 0.3) is 0 Å². The second-order valence-corrected chi connectivity index (χ2v) is 4.88. The van der Waals surface area contributed by atoms with Gasteiger partial charge in [-0.15, -0.1) is 0 Å². The molecule has 1 amide bonds. The molecule has 0 saturated heterocycles. The van der Waals surface area contributed by atoms with E-state index in [1.807, 2.05) is 13.8 Å². The smallest absolute Gasteiger partial charge is 0.405 e. The lowest BCUT2D eigenvalue weighted by atomic mass is 10.0. The molecule has 17 heavy (non-hydrogen) atoms. The summed E-state index contributed by atoms with van der Waals surface area (Å²) >= 11 is 0. The van der Waals surface area contributed by atoms with Crippen molar-refractivity contribution < 1.29 is 9.53 Å². The monoisotopic (exact) mass is 245 g/mol. The average Bonchev–Trinajstić information content (AvgIpc) is 2.20. The van der Waals surface area contributed by atoms with Crippen LogP contribution in [0.25, 0.3) is 0 Å². The van der Waals surface area contributed by atoms with Crippen molar-refractivity contribution in [1.29, 1.82) is 0 Å². The van der Waals surface area contributed by atoms with Crippen LogP contribution in [0.4, 0.5) is 4.79 Å². The summed E-state index contributed by atoms with van der Waals surface area (Å²) in [5, 5.41) is 3.33. The number of rotatable bonds is 10. The molecule has 0 aliphatic rings. The molecule has 0 unspecified atom stereocenters. The van der Waals surface area contributed by atoms with Gasteiger partial charge in [-0.2, -0.15) is 0 Å². The van der Waals surface area contributed by atoms with Crippen LogP contribution < -0.4 is 16.8 Å². The van der Waals surface area contributed by atoms with Gasteiger partial charge < -0.3 is 21.5 Å². The van der Waals surface area contributed by atoms with E-state index in [0.29, 0.717) is 0 Å². The minimum absolute atomic E-state index is 0.446. The van der Waals surface area contributed by atoms with Crippen LogP contribution >= 0.6 is 0 Å². The second kappa shape index (κ2) is 9.24. The van der Waals surface area contributed by atoms with Crippen molar-refractivity contribution in [3.63, 3.8) is 0 Å². The molecule has 0 atom stereocenters. The molecule has 0 rings (SSSR count). The standard InChI is InChI=1S/C12H27N3O2/c1-12(2,17-11(14)16)7-4-3-5-9-15-10-6-8-13/h15H,3-10,13H2,1-2H3,(H2,14,16). The van der Waals surface area contributed by atoms with Crippen LogP contribution in [0.2, 0.25) is 0 Å². The first-order valence-corrected chi connectivity index (χ1v) is 6.37. The number of primary amides is 1. The van der Waals surface area contributed by atoms with Crippen molar-refractivity contribution in [2.24, 2.45) is 11.5 Å². The largest absolute Gasteiger partial charge is 0.444 e. The highest BCUT2D eigenvalue weighted by Gasteiger charge is 2.20. The predicted molar refractivity (Wildman–Crippen MR) is 69.8 cm³/mol. The van der Waals surface area contributed by atoms with E-state index in [1.165, 1.54) is 0 Å². The number of nitrogens with one attached hydrogen (secondary N) is 1. The molecule has 0 spiro atoms. The van der Waals surface area contributed by atoms with E-state index in [2.05, 4.69) is 5.32 Å². The summed E-state index contributed by atoms with van der Waals surface area (Å²) in [7, 11) is 0. The predicted octanol–water partition coefficient (Wildman–Crippen LogP) is 1.36. The lowest BCUT2D eigenvalue weighted by molar-refractivity contribution is 0.0372. The van der Waals surface area contributed by atoms with Crippen LogP contribution in [0.5, 0.6) is 0 Å². The van der Waals surface area contributed by atoms with E-state index in [-0.39, 0.29) is 0 Å². The molecule has 102 valence electrons. The van der Waals surface area contributed by atoms with Gasteiger partial charge in [0.05, 0.1) is 0 Å². The zero-order valence-electron chi connectivity index (χ0n) is 11.1. The number of hydrogen-bond donors (Lipinski definition) is 3. The highest BCUT2D eigenvalue weighted by atomic mass is 16.6. The van der Waals surface area contributed by atoms with Crippen LogP contribution in [-0.4, -0.2) is 31.3 Å². The highest BCUT2D eigenvalue weighted by Crippen LogP contribution is 2.18. The summed E-state index contributed by atoms with van der Waals surface area (Å²) in [6.07, 6.45) is 4.48. The molecule has 5 heteroatoms. The SMILES string of the molecule is CC(C)(CCCCCNCCCN)OC(N)=O. The van der Waals surface area contributed by atoms with Crippen LogP contribution in [0.15, 0.2) is 0 Å². The van der Waals surface area contributed by atoms with Crippen molar-refractivity contribution in [3.8, 4) is 0 Å². The molecule has 0 saturated carbocycles. The summed E-state index contributed by atoms with van der Waals surface area (Å²) in [6, 6.07) is 0. The fourth-order valence-corrected chi connectivity index (χ4v) is 1.65. The zero-order chi connectivity index (χ0) is 13.1. The fourth-order valence-electron chi connectivity index (χ4n) is 1.65. The third-order valence-electron chi connectivity index (χ3n) is 2.57. The van der Waals surface area contributed by atoms with Crippen molar-refractivity contribution in [1.82, 2.24) is 5.32 Å². The zero-order valence-corrected chi connectivity index (χ0v) is 11.1. The Balaban J connectivity index is 3.35. The highest BCUT2D eigenvalue weighted by molar-refractivity contribution is 5.65. The lowest BCUT2D eigenvalue weighted by Crippen LogP contribution is -2.31. The summed E-state index contributed by atoms with van der Waals surface area (Å²) in [5.41, 5.74) is 9.94. The number of nitrogens with two attached hydrogens (primary N) is 2. The molecule has 0 aromatic heterocycles. The van der Waals surface area contributed by atoms with Gasteiger partial charge >= 0.3 is 6.09 Å². The van der Waals surface area contributed by atoms with Crippen molar-refractivity contribution in [2.75, 3.05) is 19.6 Å². The van der Waals surface area contributed by atoms with Crippen molar-refractivity contribution in [3.05, 3.63) is 0 Å². The molecule has 0 aromatic carbocycles. The lowest BCUT2D eigenvalue weighted by Gasteiger charge is -2.23. The number of amides is 1. The fraction of sp³-hybridized carbons (Fsp3) is 0.917. The Morgan fingerprint density at radius 2 is 1.82 bits per heavy atom. The topological polar surface area (TPSA) is 90.4 Å². The van der Waals surface area contributed by atoms with Gasteiger partial charge in [-0.3, -0.25) is 0 Å². The first-order valence-electron chi connectivity index (χ1n) is 6.37. The Bertz CT molecular complexity index is 208. The molecular formula is C12H27N3O2. The average molecular weight is 245 g/mol. The molecule has 0 aliphatic carbocycles. The van der Waals surface area contributed by atoms with Gasteiger partial charge in [-0.25, -0.2) is 4.79 Å². The minimum Gasteiger partial charge on any atom is -0.444 e. The molecule has 5 nitrogen and oxygen atoms in total. The number of carbonyl (C=O) groups is 1. The van der Waals surface area contributed by atoms with Crippen LogP contribution in [0, 0.1) is 0 Å². The summed E-state index contributed by atoms with van der Waals surface area (Å²) in [5.74, 6) is 0. The summed E-state index contributed by atoms with van der Waals surface area (Å²) in [6.45, 7) is 6.53. The number of unbranched alkanes of at least 4 members (excludes halogenated alkanes) is 2. The molecule has 5 N–H and O–H groups in total. The van der Waals surface area contributed by atoms with Crippen LogP contribution in [0.3, 0.4) is 0 Å². The Kier molecular flexibility index (Phi) is 8.80. The normalized spacial score (nSPS) is 11.5. The molecule has 0 fully saturated rings. The molecule has 0 radical (unpaired) electrons. The quantitative estimate of drug-likeness (QED) is 0.507. The number of carbonyl (C=O) groups excluding carboxylic acids is 1. The third kappa shape index (κ3) is 11.5.